The molecule has 72 heavy (non-hydrogen) atoms. The van der Waals surface area contributed by atoms with Crippen LogP contribution in [0.2, 0.25) is 15.3 Å². The highest BCUT2D eigenvalue weighted by Gasteiger charge is 2.36. The van der Waals surface area contributed by atoms with Gasteiger partial charge in [0.2, 0.25) is 5.28 Å². The largest absolute Gasteiger partial charge is 0.488 e. The number of hydrogen-bond acceptors (Lipinski definition) is 6. The molecular weight excluding hydrogens is 950 g/mol. The van der Waals surface area contributed by atoms with Crippen molar-refractivity contribution in [3.05, 3.63) is 244 Å². The third-order valence-corrected chi connectivity index (χ3v) is 14.3. The molecule has 12 rings (SSSR count). The van der Waals surface area contributed by atoms with Crippen LogP contribution >= 0.6 is 34.8 Å². The second-order valence-electron chi connectivity index (χ2n) is 18.9. The van der Waals surface area contributed by atoms with Crippen molar-refractivity contribution >= 4 is 47.4 Å². The molecule has 2 aliphatic rings. The molecule has 6 nitrogen and oxygen atoms in total. The molecule has 0 spiro atoms. The van der Waals surface area contributed by atoms with E-state index in [4.69, 9.17) is 54.8 Å². The van der Waals surface area contributed by atoms with Crippen LogP contribution < -0.4 is 5.46 Å². The van der Waals surface area contributed by atoms with Crippen molar-refractivity contribution in [2.24, 2.45) is 0 Å². The van der Waals surface area contributed by atoms with Gasteiger partial charge < -0.3 is 10.0 Å². The first kappa shape index (κ1) is 48.4. The number of halogens is 3. The van der Waals surface area contributed by atoms with Crippen molar-refractivity contribution in [1.29, 1.82) is 0 Å². The smallest absolute Gasteiger partial charge is 0.423 e. The van der Waals surface area contributed by atoms with Crippen LogP contribution in [0, 0.1) is 0 Å². The van der Waals surface area contributed by atoms with Gasteiger partial charge in [0.15, 0.2) is 5.82 Å². The second kappa shape index (κ2) is 20.1. The summed E-state index contributed by atoms with van der Waals surface area (Å²) in [4.78, 5) is 18.8. The van der Waals surface area contributed by atoms with Gasteiger partial charge in [0.05, 0.1) is 22.8 Å². The molecule has 0 saturated carbocycles. The first-order chi connectivity index (χ1) is 34.7. The van der Waals surface area contributed by atoms with Gasteiger partial charge in [-0.1, -0.05) is 196 Å². The number of aromatic nitrogens is 4. The first-order valence-corrected chi connectivity index (χ1v) is 24.8. The second-order valence-corrected chi connectivity index (χ2v) is 20.1. The molecule has 0 atom stereocenters. The lowest BCUT2D eigenvalue weighted by Crippen LogP contribution is -2.29. The molecule has 2 aromatic heterocycles. The highest BCUT2D eigenvalue weighted by Crippen LogP contribution is 2.51. The van der Waals surface area contributed by atoms with E-state index in [0.717, 1.165) is 50.6 Å². The van der Waals surface area contributed by atoms with Crippen molar-refractivity contribution in [2.45, 2.75) is 38.5 Å². The minimum absolute atomic E-state index is 0.0407. The quantitative estimate of drug-likeness (QED) is 0.127. The molecule has 8 aromatic carbocycles. The standard InChI is InChI=1S/C31H23ClN2.C25H19ClN2.C6H6BClO2/c1-31(2)26-11-7-6-10-24(26)25-17-14-22(18-27(25)31)29-19-28(20-8-4-3-5-9-20)33-30(34-29)21-12-15-23(32)16-13-21;1-25(2)20-11-7-6-10-18(20)19-13-12-17(14-21(19)25)23-15-22(27-24(26)28-23)16-8-4-3-5-9-16;8-6-3-1-5(2-4-6)7(9)10/h3-19H,1-2H3;3-15H,1-2H3;1-4,9-10H. The van der Waals surface area contributed by atoms with Gasteiger partial charge >= 0.3 is 7.12 Å². The Morgan fingerprint density at radius 2 is 0.708 bits per heavy atom. The molecule has 0 bridgehead atoms. The summed E-state index contributed by atoms with van der Waals surface area (Å²) in [7, 11) is -1.41. The van der Waals surface area contributed by atoms with Gasteiger partial charge in [0, 0.05) is 48.7 Å². The molecule has 2 heterocycles. The summed E-state index contributed by atoms with van der Waals surface area (Å²) in [5, 5.41) is 18.8. The number of hydrogen-bond donors (Lipinski definition) is 2. The molecule has 352 valence electrons. The van der Waals surface area contributed by atoms with Crippen LogP contribution in [0.1, 0.15) is 49.9 Å². The Bertz CT molecular complexity index is 3590. The summed E-state index contributed by atoms with van der Waals surface area (Å²) in [5.74, 6) is 0.691. The number of fused-ring (bicyclic) bond motifs is 6. The molecule has 2 aliphatic carbocycles. The van der Waals surface area contributed by atoms with E-state index in [1.165, 1.54) is 44.5 Å². The zero-order valence-corrected chi connectivity index (χ0v) is 42.3. The molecule has 0 radical (unpaired) electrons. The number of nitrogens with zero attached hydrogens (tertiary/aromatic N) is 4. The predicted molar refractivity (Wildman–Crippen MR) is 298 cm³/mol. The fourth-order valence-corrected chi connectivity index (χ4v) is 10.2. The van der Waals surface area contributed by atoms with Gasteiger partial charge in [-0.25, -0.2) is 19.9 Å². The summed E-state index contributed by atoms with van der Waals surface area (Å²) in [6.07, 6.45) is 0. The van der Waals surface area contributed by atoms with Crippen LogP contribution in [0.4, 0.5) is 0 Å². The van der Waals surface area contributed by atoms with Crippen LogP contribution in [-0.2, 0) is 10.8 Å². The molecule has 0 unspecified atom stereocenters. The average molecular weight is 998 g/mol. The molecule has 0 saturated heterocycles. The molecule has 0 fully saturated rings. The van der Waals surface area contributed by atoms with Crippen molar-refractivity contribution < 1.29 is 10.0 Å². The van der Waals surface area contributed by atoms with Crippen molar-refractivity contribution in [3.63, 3.8) is 0 Å². The van der Waals surface area contributed by atoms with Gasteiger partial charge in [-0.05, 0) is 122 Å². The van der Waals surface area contributed by atoms with E-state index < -0.39 is 7.12 Å². The third kappa shape index (κ3) is 9.75. The van der Waals surface area contributed by atoms with Crippen LogP contribution in [0.15, 0.2) is 206 Å². The monoisotopic (exact) mass is 996 g/mol. The zero-order chi connectivity index (χ0) is 50.1. The predicted octanol–water partition coefficient (Wildman–Crippen LogP) is 15.2. The topological polar surface area (TPSA) is 92.0 Å². The minimum atomic E-state index is -1.41. The summed E-state index contributed by atoms with van der Waals surface area (Å²) < 4.78 is 0. The van der Waals surface area contributed by atoms with Gasteiger partial charge in [-0.3, -0.25) is 0 Å². The SMILES string of the molecule is CC1(C)c2ccccc2-c2ccc(-c3cc(-c4ccccc4)nc(-c4ccc(Cl)cc4)n3)cc21.CC1(C)c2ccccc2-c2ccc(-c3cc(-c4ccccc4)nc(Cl)n3)cc21.OB(O)c1ccc(Cl)cc1. The maximum Gasteiger partial charge on any atom is 0.488 e. The van der Waals surface area contributed by atoms with E-state index in [2.05, 4.69) is 141 Å². The van der Waals surface area contributed by atoms with Crippen LogP contribution in [0.3, 0.4) is 0 Å². The normalized spacial score (nSPS) is 13.0. The highest BCUT2D eigenvalue weighted by atomic mass is 35.5. The van der Waals surface area contributed by atoms with Crippen LogP contribution in [0.25, 0.3) is 78.7 Å². The first-order valence-electron chi connectivity index (χ1n) is 23.7. The lowest BCUT2D eigenvalue weighted by Gasteiger charge is -2.22. The molecule has 2 N–H and O–H groups in total. The van der Waals surface area contributed by atoms with E-state index in [0.29, 0.717) is 21.3 Å². The van der Waals surface area contributed by atoms with E-state index in [9.17, 15) is 0 Å². The molecule has 10 aromatic rings. The van der Waals surface area contributed by atoms with Gasteiger partial charge in [-0.15, -0.1) is 0 Å². The lowest BCUT2D eigenvalue weighted by atomic mass is 9.81. The van der Waals surface area contributed by atoms with Crippen molar-refractivity contribution in [3.8, 4) is 78.7 Å². The Labute approximate surface area is 435 Å². The minimum Gasteiger partial charge on any atom is -0.423 e. The zero-order valence-electron chi connectivity index (χ0n) is 40.0. The Morgan fingerprint density at radius 1 is 0.347 bits per heavy atom. The van der Waals surface area contributed by atoms with Crippen LogP contribution in [0.5, 0.6) is 0 Å². The van der Waals surface area contributed by atoms with Gasteiger partial charge in [0.1, 0.15) is 0 Å². The molecule has 0 aliphatic heterocycles. The van der Waals surface area contributed by atoms with E-state index in [1.807, 2.05) is 78.9 Å². The van der Waals surface area contributed by atoms with Gasteiger partial charge in [-0.2, -0.15) is 0 Å². The van der Waals surface area contributed by atoms with E-state index in [-0.39, 0.29) is 16.1 Å². The molecule has 0 amide bonds. The Hall–Kier alpha value is -7.23. The lowest BCUT2D eigenvalue weighted by molar-refractivity contribution is 0.426. The van der Waals surface area contributed by atoms with E-state index in [1.54, 1.807) is 24.3 Å². The molecular formula is C62H48BCl3N4O2. The Kier molecular flexibility index (Phi) is 13.5. The summed E-state index contributed by atoms with van der Waals surface area (Å²) in [6, 6.07) is 69.1. The maximum absolute atomic E-state index is 8.63. The van der Waals surface area contributed by atoms with E-state index >= 15 is 0 Å². The third-order valence-electron chi connectivity index (χ3n) is 13.6. The van der Waals surface area contributed by atoms with Gasteiger partial charge in [0.25, 0.3) is 0 Å². The molecule has 10 heteroatoms. The fourth-order valence-electron chi connectivity index (χ4n) is 9.76. The van der Waals surface area contributed by atoms with Crippen molar-refractivity contribution in [1.82, 2.24) is 19.9 Å². The number of benzene rings is 8. The summed E-state index contributed by atoms with van der Waals surface area (Å²) >= 11 is 18.0. The van der Waals surface area contributed by atoms with Crippen LogP contribution in [-0.4, -0.2) is 37.1 Å². The Balaban J connectivity index is 0.000000141. The highest BCUT2D eigenvalue weighted by molar-refractivity contribution is 6.58. The Morgan fingerprint density at radius 3 is 1.17 bits per heavy atom. The maximum atomic E-state index is 8.63. The summed E-state index contributed by atoms with van der Waals surface area (Å²) in [5.41, 5.74) is 19.7. The summed E-state index contributed by atoms with van der Waals surface area (Å²) in [6.45, 7) is 9.17. The average Bonchev–Trinajstić information content (AvgIpc) is 3.78. The number of rotatable bonds is 6. The van der Waals surface area contributed by atoms with Crippen molar-refractivity contribution in [2.75, 3.05) is 0 Å². The fraction of sp³-hybridized carbons (Fsp3) is 0.0968.